The molecule has 0 amide bonds. The molecule has 1 aliphatic rings. The Labute approximate surface area is 125 Å². The van der Waals surface area contributed by atoms with Crippen LogP contribution in [0.2, 0.25) is 5.02 Å². The van der Waals surface area contributed by atoms with E-state index in [1.54, 1.807) is 0 Å². The second kappa shape index (κ2) is 6.20. The highest BCUT2D eigenvalue weighted by Crippen LogP contribution is 2.38. The third kappa shape index (κ3) is 3.78. The zero-order valence-corrected chi connectivity index (χ0v) is 13.2. The highest BCUT2D eigenvalue weighted by atomic mass is 35.5. The van der Waals surface area contributed by atoms with Crippen LogP contribution in [0, 0.1) is 5.41 Å². The fourth-order valence-electron chi connectivity index (χ4n) is 2.42. The Hall–Kier alpha value is -0.970. The van der Waals surface area contributed by atoms with Crippen molar-refractivity contribution in [3.63, 3.8) is 0 Å². The van der Waals surface area contributed by atoms with Crippen molar-refractivity contribution in [3.8, 4) is 11.5 Å². The minimum absolute atomic E-state index is 0.104. The van der Waals surface area contributed by atoms with E-state index in [1.807, 2.05) is 12.1 Å². The number of nitrogens with two attached hydrogens (primary N) is 1. The molecule has 0 atom stereocenters. The number of fused-ring (bicyclic) bond motifs is 1. The van der Waals surface area contributed by atoms with Crippen molar-refractivity contribution in [3.05, 3.63) is 22.7 Å². The van der Waals surface area contributed by atoms with Gasteiger partial charge in [-0.05, 0) is 36.7 Å². The molecule has 1 aromatic rings. The van der Waals surface area contributed by atoms with Gasteiger partial charge < -0.3 is 20.1 Å². The van der Waals surface area contributed by atoms with E-state index in [9.17, 15) is 0 Å². The summed E-state index contributed by atoms with van der Waals surface area (Å²) in [5.74, 6) is 1.40. The molecular weight excluding hydrogens is 276 g/mol. The van der Waals surface area contributed by atoms with Gasteiger partial charge in [-0.1, -0.05) is 25.4 Å². The number of nitrogens with zero attached hydrogens (tertiary/aromatic N) is 1. The van der Waals surface area contributed by atoms with Crippen LogP contribution in [-0.4, -0.2) is 38.3 Å². The fraction of sp³-hybridized carbons (Fsp3) is 0.600. The molecule has 1 aliphatic heterocycles. The van der Waals surface area contributed by atoms with Gasteiger partial charge in [0.05, 0.1) is 5.02 Å². The second-order valence-electron chi connectivity index (χ2n) is 6.14. The Kier molecular flexibility index (Phi) is 4.78. The monoisotopic (exact) mass is 298 g/mol. The fourth-order valence-corrected chi connectivity index (χ4v) is 2.71. The zero-order chi connectivity index (χ0) is 14.8. The molecule has 112 valence electrons. The molecule has 1 aromatic carbocycles. The summed E-state index contributed by atoms with van der Waals surface area (Å²) >= 11 is 6.25. The molecule has 5 heteroatoms. The summed E-state index contributed by atoms with van der Waals surface area (Å²) in [6.45, 7) is 7.86. The lowest BCUT2D eigenvalue weighted by Crippen LogP contribution is -2.36. The lowest BCUT2D eigenvalue weighted by Gasteiger charge is -2.29. The largest absolute Gasteiger partial charge is 0.486 e. The summed E-state index contributed by atoms with van der Waals surface area (Å²) in [6.07, 6.45) is 0. The zero-order valence-electron chi connectivity index (χ0n) is 12.4. The van der Waals surface area contributed by atoms with E-state index in [0.29, 0.717) is 30.5 Å². The van der Waals surface area contributed by atoms with Gasteiger partial charge in [0, 0.05) is 13.1 Å². The van der Waals surface area contributed by atoms with Crippen molar-refractivity contribution in [2.45, 2.75) is 20.4 Å². The molecule has 0 saturated carbocycles. The van der Waals surface area contributed by atoms with Crippen LogP contribution in [0.5, 0.6) is 11.5 Å². The quantitative estimate of drug-likeness (QED) is 0.907. The summed E-state index contributed by atoms with van der Waals surface area (Å²) in [6, 6.07) is 3.95. The first-order valence-electron chi connectivity index (χ1n) is 6.88. The predicted molar refractivity (Wildman–Crippen MR) is 81.6 cm³/mol. The van der Waals surface area contributed by atoms with Crippen LogP contribution in [0.3, 0.4) is 0 Å². The lowest BCUT2D eigenvalue weighted by molar-refractivity contribution is 0.170. The van der Waals surface area contributed by atoms with Crippen molar-refractivity contribution in [2.24, 2.45) is 11.1 Å². The van der Waals surface area contributed by atoms with Gasteiger partial charge in [0.25, 0.3) is 0 Å². The molecular formula is C15H23ClN2O2. The molecule has 1 heterocycles. The summed E-state index contributed by atoms with van der Waals surface area (Å²) in [5.41, 5.74) is 7.00. The number of benzene rings is 1. The van der Waals surface area contributed by atoms with E-state index in [1.165, 1.54) is 0 Å². The first kappa shape index (κ1) is 15.4. The highest BCUT2D eigenvalue weighted by molar-refractivity contribution is 6.32. The third-order valence-corrected chi connectivity index (χ3v) is 3.64. The summed E-state index contributed by atoms with van der Waals surface area (Å²) in [4.78, 5) is 2.24. The molecule has 0 saturated heterocycles. The topological polar surface area (TPSA) is 47.7 Å². The summed E-state index contributed by atoms with van der Waals surface area (Å²) in [5, 5.41) is 0.615. The van der Waals surface area contributed by atoms with Gasteiger partial charge in [-0.15, -0.1) is 0 Å². The lowest BCUT2D eigenvalue weighted by atomic mass is 9.93. The van der Waals surface area contributed by atoms with Crippen molar-refractivity contribution >= 4 is 11.6 Å². The average Bonchev–Trinajstić information content (AvgIpc) is 2.38. The first-order chi connectivity index (χ1) is 9.41. The predicted octanol–water partition coefficient (Wildman–Crippen LogP) is 2.53. The molecule has 0 fully saturated rings. The number of rotatable bonds is 5. The normalized spacial score (nSPS) is 14.7. The Morgan fingerprint density at radius 1 is 1.30 bits per heavy atom. The van der Waals surface area contributed by atoms with Crippen LogP contribution >= 0.6 is 11.6 Å². The minimum atomic E-state index is 0.104. The smallest absolute Gasteiger partial charge is 0.179 e. The van der Waals surface area contributed by atoms with Gasteiger partial charge in [-0.3, -0.25) is 0 Å². The van der Waals surface area contributed by atoms with Gasteiger partial charge in [0.15, 0.2) is 11.5 Å². The van der Waals surface area contributed by atoms with Gasteiger partial charge in [-0.25, -0.2) is 0 Å². The Bertz CT molecular complexity index is 477. The molecule has 0 radical (unpaired) electrons. The number of hydrogen-bond donors (Lipinski definition) is 1. The maximum atomic E-state index is 6.25. The van der Waals surface area contributed by atoms with Crippen molar-refractivity contribution in [1.29, 1.82) is 0 Å². The SMILES string of the molecule is CN(Cc1cc(Cl)c2c(c1)OCCO2)CC(C)(C)CN. The first-order valence-corrected chi connectivity index (χ1v) is 7.26. The molecule has 0 aromatic heterocycles. The van der Waals surface area contributed by atoms with Gasteiger partial charge in [0.2, 0.25) is 0 Å². The molecule has 0 spiro atoms. The van der Waals surface area contributed by atoms with E-state index in [-0.39, 0.29) is 5.41 Å². The third-order valence-electron chi connectivity index (χ3n) is 3.36. The van der Waals surface area contributed by atoms with Crippen LogP contribution in [0.4, 0.5) is 0 Å². The van der Waals surface area contributed by atoms with Crippen LogP contribution < -0.4 is 15.2 Å². The molecule has 0 unspecified atom stereocenters. The molecule has 0 bridgehead atoms. The number of ether oxygens (including phenoxy) is 2. The van der Waals surface area contributed by atoms with Crippen LogP contribution in [0.25, 0.3) is 0 Å². The number of halogens is 1. The number of hydrogen-bond acceptors (Lipinski definition) is 4. The van der Waals surface area contributed by atoms with Crippen LogP contribution in [0.1, 0.15) is 19.4 Å². The van der Waals surface area contributed by atoms with Gasteiger partial charge in [-0.2, -0.15) is 0 Å². The van der Waals surface area contributed by atoms with Crippen molar-refractivity contribution in [1.82, 2.24) is 4.90 Å². The van der Waals surface area contributed by atoms with E-state index in [4.69, 9.17) is 26.8 Å². The van der Waals surface area contributed by atoms with Gasteiger partial charge in [0.1, 0.15) is 13.2 Å². The van der Waals surface area contributed by atoms with E-state index in [0.717, 1.165) is 24.4 Å². The average molecular weight is 299 g/mol. The van der Waals surface area contributed by atoms with Crippen LogP contribution in [-0.2, 0) is 6.54 Å². The van der Waals surface area contributed by atoms with E-state index < -0.39 is 0 Å². The maximum absolute atomic E-state index is 6.25. The van der Waals surface area contributed by atoms with E-state index in [2.05, 4.69) is 25.8 Å². The molecule has 0 aliphatic carbocycles. The second-order valence-corrected chi connectivity index (χ2v) is 6.55. The van der Waals surface area contributed by atoms with Crippen LogP contribution in [0.15, 0.2) is 12.1 Å². The Morgan fingerprint density at radius 3 is 2.70 bits per heavy atom. The molecule has 2 N–H and O–H groups in total. The maximum Gasteiger partial charge on any atom is 0.179 e. The minimum Gasteiger partial charge on any atom is -0.486 e. The van der Waals surface area contributed by atoms with Crippen molar-refractivity contribution < 1.29 is 9.47 Å². The highest BCUT2D eigenvalue weighted by Gasteiger charge is 2.20. The molecule has 4 nitrogen and oxygen atoms in total. The molecule has 20 heavy (non-hydrogen) atoms. The summed E-state index contributed by atoms with van der Waals surface area (Å²) in [7, 11) is 2.09. The van der Waals surface area contributed by atoms with Gasteiger partial charge >= 0.3 is 0 Å². The Morgan fingerprint density at radius 2 is 2.00 bits per heavy atom. The Balaban J connectivity index is 2.08. The van der Waals surface area contributed by atoms with Crippen molar-refractivity contribution in [2.75, 3.05) is 33.4 Å². The standard InChI is InChI=1S/C15H23ClN2O2/c1-15(2,9-17)10-18(3)8-11-6-12(16)14-13(7-11)19-4-5-20-14/h6-7H,4-5,8-10,17H2,1-3H3. The molecule has 2 rings (SSSR count). The summed E-state index contributed by atoms with van der Waals surface area (Å²) < 4.78 is 11.1. The van der Waals surface area contributed by atoms with E-state index >= 15 is 0 Å².